The molecule has 1 aromatic heterocycles. The average molecular weight is 295 g/mol. The summed E-state index contributed by atoms with van der Waals surface area (Å²) in [6, 6.07) is 3.31. The number of nitrogens with zero attached hydrogens (tertiary/aromatic N) is 4. The second kappa shape index (κ2) is 5.84. The van der Waals surface area contributed by atoms with Crippen molar-refractivity contribution in [2.45, 2.75) is 25.3 Å². The van der Waals surface area contributed by atoms with Crippen LogP contribution < -0.4 is 0 Å². The fourth-order valence-corrected chi connectivity index (χ4v) is 2.16. The second-order valence-electron chi connectivity index (χ2n) is 4.39. The van der Waals surface area contributed by atoms with Gasteiger partial charge in [-0.05, 0) is 18.9 Å². The topological polar surface area (TPSA) is 100 Å². The van der Waals surface area contributed by atoms with Crippen molar-refractivity contribution in [2.24, 2.45) is 0 Å². The molecule has 0 aliphatic heterocycles. The van der Waals surface area contributed by atoms with Crippen molar-refractivity contribution in [3.8, 4) is 6.07 Å². The van der Waals surface area contributed by atoms with Crippen molar-refractivity contribution in [3.63, 3.8) is 0 Å². The van der Waals surface area contributed by atoms with E-state index in [0.29, 0.717) is 0 Å². The lowest BCUT2D eigenvalue weighted by Crippen LogP contribution is -2.34. The first-order valence-corrected chi connectivity index (χ1v) is 6.41. The maximum atomic E-state index is 12.4. The number of hydrogen-bond donors (Lipinski definition) is 0. The molecule has 0 spiro atoms. The molecule has 1 fully saturated rings. The number of halogens is 1. The van der Waals surface area contributed by atoms with Gasteiger partial charge in [-0.15, -0.1) is 0 Å². The Labute approximate surface area is 119 Å². The normalized spacial score (nSPS) is 13.6. The van der Waals surface area contributed by atoms with E-state index in [2.05, 4.69) is 4.98 Å². The first-order chi connectivity index (χ1) is 9.56. The van der Waals surface area contributed by atoms with Gasteiger partial charge >= 0.3 is 5.69 Å². The Hall–Kier alpha value is -2.20. The van der Waals surface area contributed by atoms with Gasteiger partial charge in [0.2, 0.25) is 5.15 Å². The number of nitro groups is 1. The molecule has 20 heavy (non-hydrogen) atoms. The van der Waals surface area contributed by atoms with Gasteiger partial charge in [0.05, 0.1) is 17.4 Å². The highest BCUT2D eigenvalue weighted by Crippen LogP contribution is 2.32. The lowest BCUT2D eigenvalue weighted by Gasteiger charge is -2.21. The van der Waals surface area contributed by atoms with Crippen LogP contribution in [-0.4, -0.2) is 33.3 Å². The van der Waals surface area contributed by atoms with Gasteiger partial charge in [-0.1, -0.05) is 11.6 Å². The van der Waals surface area contributed by atoms with Crippen LogP contribution in [0.1, 0.15) is 29.6 Å². The maximum Gasteiger partial charge on any atom is 0.319 e. The molecule has 2 rings (SSSR count). The SMILES string of the molecule is N#CCCN(C(=O)c1ccnc(Cl)c1[N+](=O)[O-])C1CC1. The summed E-state index contributed by atoms with van der Waals surface area (Å²) < 4.78 is 0. The molecule has 1 aromatic rings. The highest BCUT2D eigenvalue weighted by atomic mass is 35.5. The van der Waals surface area contributed by atoms with E-state index in [0.717, 1.165) is 12.8 Å². The van der Waals surface area contributed by atoms with Crippen molar-refractivity contribution in [2.75, 3.05) is 6.54 Å². The Morgan fingerprint density at radius 2 is 2.35 bits per heavy atom. The van der Waals surface area contributed by atoms with Gasteiger partial charge in [-0.25, -0.2) is 4.98 Å². The molecule has 0 N–H and O–H groups in total. The van der Waals surface area contributed by atoms with Gasteiger partial charge in [0.15, 0.2) is 0 Å². The van der Waals surface area contributed by atoms with E-state index in [1.807, 2.05) is 6.07 Å². The van der Waals surface area contributed by atoms with E-state index in [4.69, 9.17) is 16.9 Å². The molecule has 1 amide bonds. The molecule has 1 heterocycles. The summed E-state index contributed by atoms with van der Waals surface area (Å²) in [5.41, 5.74) is -0.568. The minimum absolute atomic E-state index is 0.0578. The third-order valence-electron chi connectivity index (χ3n) is 3.01. The largest absolute Gasteiger partial charge is 0.334 e. The second-order valence-corrected chi connectivity index (χ2v) is 4.75. The Bertz CT molecular complexity index is 595. The highest BCUT2D eigenvalue weighted by Gasteiger charge is 2.36. The zero-order valence-electron chi connectivity index (χ0n) is 10.5. The van der Waals surface area contributed by atoms with Gasteiger partial charge in [0.25, 0.3) is 5.91 Å². The number of nitriles is 1. The Balaban J connectivity index is 2.34. The first kappa shape index (κ1) is 14.2. The van der Waals surface area contributed by atoms with E-state index in [9.17, 15) is 14.9 Å². The summed E-state index contributed by atoms with van der Waals surface area (Å²) in [5.74, 6) is -0.473. The number of carbonyl (C=O) groups is 1. The molecule has 1 aliphatic carbocycles. The summed E-state index contributed by atoms with van der Waals surface area (Å²) in [6.07, 6.45) is 3.15. The van der Waals surface area contributed by atoms with E-state index < -0.39 is 16.5 Å². The van der Waals surface area contributed by atoms with Crippen molar-refractivity contribution < 1.29 is 9.72 Å². The Kier molecular flexibility index (Phi) is 4.15. The molecule has 0 bridgehead atoms. The molecule has 8 heteroatoms. The minimum atomic E-state index is -0.710. The van der Waals surface area contributed by atoms with Crippen LogP contribution >= 0.6 is 11.6 Å². The Morgan fingerprint density at radius 3 is 2.90 bits per heavy atom. The van der Waals surface area contributed by atoms with Crippen LogP contribution in [0.2, 0.25) is 5.15 Å². The van der Waals surface area contributed by atoms with Crippen molar-refractivity contribution in [3.05, 3.63) is 33.1 Å². The number of pyridine rings is 1. The number of rotatable bonds is 5. The fraction of sp³-hybridized carbons (Fsp3) is 0.417. The van der Waals surface area contributed by atoms with Gasteiger partial charge in [-0.2, -0.15) is 5.26 Å². The molecule has 0 aromatic carbocycles. The van der Waals surface area contributed by atoms with Gasteiger partial charge in [0.1, 0.15) is 5.56 Å². The van der Waals surface area contributed by atoms with E-state index in [1.165, 1.54) is 17.2 Å². The van der Waals surface area contributed by atoms with Crippen LogP contribution in [0.3, 0.4) is 0 Å². The first-order valence-electron chi connectivity index (χ1n) is 6.03. The van der Waals surface area contributed by atoms with Crippen molar-refractivity contribution >= 4 is 23.2 Å². The molecule has 0 saturated heterocycles. The average Bonchev–Trinajstić information content (AvgIpc) is 3.22. The lowest BCUT2D eigenvalue weighted by molar-refractivity contribution is -0.385. The summed E-state index contributed by atoms with van der Waals surface area (Å²) in [4.78, 5) is 27.9. The number of hydrogen-bond acceptors (Lipinski definition) is 5. The Morgan fingerprint density at radius 1 is 1.65 bits per heavy atom. The smallest absolute Gasteiger partial charge is 0.319 e. The van der Waals surface area contributed by atoms with E-state index in [1.54, 1.807) is 0 Å². The summed E-state index contributed by atoms with van der Waals surface area (Å²) in [7, 11) is 0. The molecule has 0 atom stereocenters. The van der Waals surface area contributed by atoms with Crippen LogP contribution in [-0.2, 0) is 0 Å². The zero-order chi connectivity index (χ0) is 14.7. The van der Waals surface area contributed by atoms with Gasteiger partial charge in [0, 0.05) is 18.8 Å². The van der Waals surface area contributed by atoms with Crippen LogP contribution in [0.15, 0.2) is 12.3 Å². The predicted molar refractivity (Wildman–Crippen MR) is 70.2 cm³/mol. The number of carbonyl (C=O) groups excluding carboxylic acids is 1. The number of aromatic nitrogens is 1. The minimum Gasteiger partial charge on any atom is -0.334 e. The maximum absolute atomic E-state index is 12.4. The summed E-state index contributed by atoms with van der Waals surface area (Å²) in [5, 5.41) is 19.3. The van der Waals surface area contributed by atoms with Gasteiger partial charge in [-0.3, -0.25) is 14.9 Å². The molecular formula is C12H11ClN4O3. The fourth-order valence-electron chi connectivity index (χ4n) is 1.94. The van der Waals surface area contributed by atoms with Crippen molar-refractivity contribution in [1.82, 2.24) is 9.88 Å². The standard InChI is InChI=1S/C12H11ClN4O3/c13-11-10(17(19)20)9(4-6-15-11)12(18)16(7-1-5-14)8-2-3-8/h4,6,8H,1-3,7H2. The summed E-state index contributed by atoms with van der Waals surface area (Å²) in [6.45, 7) is 0.261. The third-order valence-corrected chi connectivity index (χ3v) is 3.28. The van der Waals surface area contributed by atoms with Crippen LogP contribution in [0.5, 0.6) is 0 Å². The molecule has 0 unspecified atom stereocenters. The van der Waals surface area contributed by atoms with Crippen molar-refractivity contribution in [1.29, 1.82) is 5.26 Å². The highest BCUT2D eigenvalue weighted by molar-refractivity contribution is 6.32. The van der Waals surface area contributed by atoms with Crippen LogP contribution in [0.4, 0.5) is 5.69 Å². The zero-order valence-corrected chi connectivity index (χ0v) is 11.2. The van der Waals surface area contributed by atoms with Gasteiger partial charge < -0.3 is 4.90 Å². The number of amides is 1. The van der Waals surface area contributed by atoms with Crippen LogP contribution in [0.25, 0.3) is 0 Å². The third kappa shape index (κ3) is 2.86. The molecule has 1 saturated carbocycles. The molecular weight excluding hydrogens is 284 g/mol. The van der Waals surface area contributed by atoms with E-state index >= 15 is 0 Å². The molecule has 0 radical (unpaired) electrons. The summed E-state index contributed by atoms with van der Waals surface area (Å²) >= 11 is 5.70. The van der Waals surface area contributed by atoms with E-state index in [-0.39, 0.29) is 29.7 Å². The quantitative estimate of drug-likeness (QED) is 0.470. The molecule has 7 nitrogen and oxygen atoms in total. The molecule has 104 valence electrons. The lowest BCUT2D eigenvalue weighted by atomic mass is 10.2. The predicted octanol–water partition coefficient (Wildman–Crippen LogP) is 2.16. The monoisotopic (exact) mass is 294 g/mol. The van der Waals surface area contributed by atoms with Crippen LogP contribution in [0, 0.1) is 21.4 Å². The molecule has 1 aliphatic rings.